The number of hydrogen-bond acceptors (Lipinski definition) is 4. The summed E-state index contributed by atoms with van der Waals surface area (Å²) in [6.45, 7) is 4.48. The van der Waals surface area contributed by atoms with Gasteiger partial charge in [-0.2, -0.15) is 0 Å². The molecule has 1 aromatic carbocycles. The molecule has 21 heavy (non-hydrogen) atoms. The Balaban J connectivity index is 1.75. The highest BCUT2D eigenvalue weighted by Crippen LogP contribution is 2.27. The SMILES string of the molecule is COC1(CO)CCCN(Cc2cccc3c2CCOC3)C1. The lowest BCUT2D eigenvalue weighted by molar-refractivity contribution is -0.0966. The van der Waals surface area contributed by atoms with Crippen LogP contribution in [0.1, 0.15) is 29.5 Å². The van der Waals surface area contributed by atoms with Crippen LogP contribution in [0.15, 0.2) is 18.2 Å². The first kappa shape index (κ1) is 15.0. The Morgan fingerprint density at radius 2 is 2.33 bits per heavy atom. The first-order valence-electron chi connectivity index (χ1n) is 7.82. The fourth-order valence-corrected chi connectivity index (χ4v) is 3.58. The smallest absolute Gasteiger partial charge is 0.103 e. The monoisotopic (exact) mass is 291 g/mol. The van der Waals surface area contributed by atoms with E-state index < -0.39 is 0 Å². The molecule has 3 rings (SSSR count). The molecule has 0 spiro atoms. The first-order valence-corrected chi connectivity index (χ1v) is 7.82. The van der Waals surface area contributed by atoms with Crippen molar-refractivity contribution in [2.24, 2.45) is 0 Å². The van der Waals surface area contributed by atoms with Crippen LogP contribution in [-0.4, -0.2) is 49.0 Å². The van der Waals surface area contributed by atoms with Crippen LogP contribution < -0.4 is 0 Å². The van der Waals surface area contributed by atoms with Crippen molar-refractivity contribution in [3.05, 3.63) is 34.9 Å². The zero-order valence-corrected chi connectivity index (χ0v) is 12.8. The van der Waals surface area contributed by atoms with Crippen LogP contribution in [0, 0.1) is 0 Å². The Bertz CT molecular complexity index is 485. The van der Waals surface area contributed by atoms with E-state index in [1.54, 1.807) is 7.11 Å². The van der Waals surface area contributed by atoms with Gasteiger partial charge in [-0.1, -0.05) is 18.2 Å². The van der Waals surface area contributed by atoms with Crippen molar-refractivity contribution < 1.29 is 14.6 Å². The van der Waals surface area contributed by atoms with E-state index >= 15 is 0 Å². The van der Waals surface area contributed by atoms with Crippen molar-refractivity contribution in [3.8, 4) is 0 Å². The van der Waals surface area contributed by atoms with Gasteiger partial charge < -0.3 is 14.6 Å². The van der Waals surface area contributed by atoms with E-state index in [4.69, 9.17) is 9.47 Å². The van der Waals surface area contributed by atoms with E-state index in [0.29, 0.717) is 0 Å². The number of fused-ring (bicyclic) bond motifs is 1. The van der Waals surface area contributed by atoms with Crippen LogP contribution in [0.25, 0.3) is 0 Å². The third-order valence-electron chi connectivity index (χ3n) is 4.86. The molecule has 2 heterocycles. The molecular weight excluding hydrogens is 266 g/mol. The highest BCUT2D eigenvalue weighted by atomic mass is 16.5. The van der Waals surface area contributed by atoms with Crippen molar-refractivity contribution >= 4 is 0 Å². The Morgan fingerprint density at radius 3 is 3.14 bits per heavy atom. The fourth-order valence-electron chi connectivity index (χ4n) is 3.58. The predicted octanol–water partition coefficient (Wildman–Crippen LogP) is 1.73. The van der Waals surface area contributed by atoms with E-state index in [2.05, 4.69) is 23.1 Å². The molecule has 1 fully saturated rings. The number of piperidine rings is 1. The predicted molar refractivity (Wildman–Crippen MR) is 81.1 cm³/mol. The Labute approximate surface area is 126 Å². The van der Waals surface area contributed by atoms with Gasteiger partial charge in [-0.05, 0) is 42.5 Å². The van der Waals surface area contributed by atoms with Gasteiger partial charge in [-0.25, -0.2) is 0 Å². The van der Waals surface area contributed by atoms with Gasteiger partial charge in [0.25, 0.3) is 0 Å². The summed E-state index contributed by atoms with van der Waals surface area (Å²) in [5.41, 5.74) is 3.81. The summed E-state index contributed by atoms with van der Waals surface area (Å²) in [6, 6.07) is 6.52. The van der Waals surface area contributed by atoms with Gasteiger partial charge in [0.1, 0.15) is 5.60 Å². The topological polar surface area (TPSA) is 41.9 Å². The van der Waals surface area contributed by atoms with Gasteiger partial charge in [0.2, 0.25) is 0 Å². The van der Waals surface area contributed by atoms with E-state index in [1.165, 1.54) is 16.7 Å². The number of rotatable bonds is 4. The summed E-state index contributed by atoms with van der Waals surface area (Å²) in [6.07, 6.45) is 3.03. The van der Waals surface area contributed by atoms with Gasteiger partial charge >= 0.3 is 0 Å². The van der Waals surface area contributed by atoms with Crippen molar-refractivity contribution in [2.75, 3.05) is 33.4 Å². The van der Waals surface area contributed by atoms with Gasteiger partial charge in [0.05, 0.1) is 19.8 Å². The number of hydrogen-bond donors (Lipinski definition) is 1. The maximum atomic E-state index is 9.65. The first-order chi connectivity index (χ1) is 10.3. The molecule has 1 saturated heterocycles. The van der Waals surface area contributed by atoms with Gasteiger partial charge in [0.15, 0.2) is 0 Å². The largest absolute Gasteiger partial charge is 0.393 e. The number of aliphatic hydroxyl groups excluding tert-OH is 1. The van der Waals surface area contributed by atoms with Gasteiger partial charge in [0, 0.05) is 20.2 Å². The molecule has 1 atom stereocenters. The van der Waals surface area contributed by atoms with Crippen molar-refractivity contribution in [1.82, 2.24) is 4.90 Å². The lowest BCUT2D eigenvalue weighted by Crippen LogP contribution is -2.51. The molecule has 0 aliphatic carbocycles. The molecule has 0 amide bonds. The molecule has 1 unspecified atom stereocenters. The van der Waals surface area contributed by atoms with Crippen molar-refractivity contribution in [3.63, 3.8) is 0 Å². The highest BCUT2D eigenvalue weighted by Gasteiger charge is 2.35. The summed E-state index contributed by atoms with van der Waals surface area (Å²) >= 11 is 0. The maximum Gasteiger partial charge on any atom is 0.103 e. The second kappa shape index (κ2) is 6.44. The molecule has 4 heteroatoms. The second-order valence-corrected chi connectivity index (χ2v) is 6.22. The minimum atomic E-state index is -0.379. The molecule has 0 radical (unpaired) electrons. The lowest BCUT2D eigenvalue weighted by Gasteiger charge is -2.41. The molecule has 0 bridgehead atoms. The number of methoxy groups -OCH3 is 1. The minimum absolute atomic E-state index is 0.0980. The standard InChI is InChI=1S/C17H25NO3/c1-20-17(13-19)7-3-8-18(12-17)10-14-4-2-5-15-11-21-9-6-16(14)15/h2,4-5,19H,3,6-13H2,1H3. The molecule has 1 aromatic rings. The highest BCUT2D eigenvalue weighted by molar-refractivity contribution is 5.36. The average molecular weight is 291 g/mol. The third-order valence-corrected chi connectivity index (χ3v) is 4.86. The zero-order valence-electron chi connectivity index (χ0n) is 12.8. The van der Waals surface area contributed by atoms with E-state index in [1.807, 2.05) is 0 Å². The van der Waals surface area contributed by atoms with Crippen LogP contribution in [0.5, 0.6) is 0 Å². The van der Waals surface area contributed by atoms with E-state index in [9.17, 15) is 5.11 Å². The third kappa shape index (κ3) is 3.14. The summed E-state index contributed by atoms with van der Waals surface area (Å²) in [5, 5.41) is 9.65. The molecular formula is C17H25NO3. The Morgan fingerprint density at radius 1 is 1.43 bits per heavy atom. The summed E-state index contributed by atoms with van der Waals surface area (Å²) in [5.74, 6) is 0. The van der Waals surface area contributed by atoms with Crippen LogP contribution in [0.4, 0.5) is 0 Å². The Hall–Kier alpha value is -0.940. The van der Waals surface area contributed by atoms with Crippen molar-refractivity contribution in [1.29, 1.82) is 0 Å². The minimum Gasteiger partial charge on any atom is -0.393 e. The lowest BCUT2D eigenvalue weighted by atomic mass is 9.92. The summed E-state index contributed by atoms with van der Waals surface area (Å²) < 4.78 is 11.1. The van der Waals surface area contributed by atoms with Crippen LogP contribution in [0.2, 0.25) is 0 Å². The second-order valence-electron chi connectivity index (χ2n) is 6.22. The normalized spacial score (nSPS) is 26.6. The quantitative estimate of drug-likeness (QED) is 0.917. The Kier molecular flexibility index (Phi) is 4.60. The number of likely N-dealkylation sites (tertiary alicyclic amines) is 1. The molecule has 0 saturated carbocycles. The molecule has 2 aliphatic rings. The number of ether oxygens (including phenoxy) is 2. The molecule has 1 N–H and O–H groups in total. The van der Waals surface area contributed by atoms with Gasteiger partial charge in [-0.3, -0.25) is 4.90 Å². The number of nitrogens with zero attached hydrogens (tertiary/aromatic N) is 1. The van der Waals surface area contributed by atoms with E-state index in [0.717, 1.165) is 52.1 Å². The van der Waals surface area contributed by atoms with Crippen LogP contribution in [0.3, 0.4) is 0 Å². The van der Waals surface area contributed by atoms with Crippen molar-refractivity contribution in [2.45, 2.75) is 38.0 Å². The zero-order chi connectivity index (χ0) is 14.7. The number of benzene rings is 1. The fraction of sp³-hybridized carbons (Fsp3) is 0.647. The summed E-state index contributed by atoms with van der Waals surface area (Å²) in [7, 11) is 1.71. The average Bonchev–Trinajstić information content (AvgIpc) is 2.55. The summed E-state index contributed by atoms with van der Waals surface area (Å²) in [4.78, 5) is 2.41. The maximum absolute atomic E-state index is 9.65. The van der Waals surface area contributed by atoms with Crippen LogP contribution in [-0.2, 0) is 29.0 Å². The molecule has 0 aromatic heterocycles. The number of aliphatic hydroxyl groups is 1. The van der Waals surface area contributed by atoms with E-state index in [-0.39, 0.29) is 12.2 Å². The van der Waals surface area contributed by atoms with Crippen LogP contribution >= 0.6 is 0 Å². The molecule has 4 nitrogen and oxygen atoms in total. The molecule has 2 aliphatic heterocycles. The molecule has 116 valence electrons. The van der Waals surface area contributed by atoms with Gasteiger partial charge in [-0.15, -0.1) is 0 Å².